The first-order valence-electron chi connectivity index (χ1n) is 6.71. The number of rotatable bonds is 8. The molecule has 2 N–H and O–H groups in total. The third kappa shape index (κ3) is 8.04. The van der Waals surface area contributed by atoms with E-state index in [1.165, 1.54) is 24.8 Å². The highest BCUT2D eigenvalue weighted by molar-refractivity contribution is 7.46. The Morgan fingerprint density at radius 2 is 1.74 bits per heavy atom. The Morgan fingerprint density at radius 1 is 1.11 bits per heavy atom. The Balaban J connectivity index is 2.30. The summed E-state index contributed by atoms with van der Waals surface area (Å²) in [5, 5.41) is 0. The summed E-state index contributed by atoms with van der Waals surface area (Å²) in [6.45, 7) is 4.47. The summed E-state index contributed by atoms with van der Waals surface area (Å²) in [6, 6.07) is 6.91. The number of phosphoric acid groups is 1. The third-order valence-electron chi connectivity index (χ3n) is 2.89. The van der Waals surface area contributed by atoms with Gasteiger partial charge in [0.05, 0.1) is 0 Å². The second-order valence-electron chi connectivity index (χ2n) is 5.22. The second-order valence-corrected chi connectivity index (χ2v) is 6.38. The van der Waals surface area contributed by atoms with Gasteiger partial charge in [-0.05, 0) is 36.5 Å². The zero-order valence-corrected chi connectivity index (χ0v) is 12.5. The maximum Gasteiger partial charge on any atom is 0.524 e. The lowest BCUT2D eigenvalue weighted by Crippen LogP contribution is -1.92. The molecule has 0 spiro atoms. The van der Waals surface area contributed by atoms with E-state index < -0.39 is 7.82 Å². The normalized spacial score (nSPS) is 11.8. The van der Waals surface area contributed by atoms with Gasteiger partial charge < -0.3 is 4.52 Å². The van der Waals surface area contributed by atoms with Crippen LogP contribution in [0.15, 0.2) is 24.3 Å². The monoisotopic (exact) mass is 286 g/mol. The molecule has 108 valence electrons. The molecule has 0 radical (unpaired) electrons. The number of hydrogen-bond acceptors (Lipinski definition) is 2. The van der Waals surface area contributed by atoms with Crippen LogP contribution in [0.4, 0.5) is 0 Å². The Kier molecular flexibility index (Phi) is 6.56. The minimum atomic E-state index is -4.44. The van der Waals surface area contributed by atoms with Gasteiger partial charge in [0, 0.05) is 0 Å². The van der Waals surface area contributed by atoms with Gasteiger partial charge in [-0.1, -0.05) is 45.2 Å². The molecule has 0 fully saturated rings. The number of aryl methyl sites for hydroxylation is 1. The fourth-order valence-electron chi connectivity index (χ4n) is 1.91. The van der Waals surface area contributed by atoms with Crippen LogP contribution in [0.2, 0.25) is 0 Å². The molecule has 0 aliphatic rings. The van der Waals surface area contributed by atoms with Crippen LogP contribution in [0, 0.1) is 5.92 Å². The van der Waals surface area contributed by atoms with E-state index in [0.717, 1.165) is 18.8 Å². The van der Waals surface area contributed by atoms with Gasteiger partial charge in [0.25, 0.3) is 0 Å². The number of unbranched alkanes of at least 4 members (excludes halogenated alkanes) is 2. The van der Waals surface area contributed by atoms with Crippen molar-refractivity contribution in [2.45, 2.75) is 46.0 Å². The molecule has 1 aromatic carbocycles. The van der Waals surface area contributed by atoms with E-state index in [2.05, 4.69) is 18.4 Å². The molecular formula is C14H23O4P. The first-order valence-corrected chi connectivity index (χ1v) is 8.24. The summed E-state index contributed by atoms with van der Waals surface area (Å²) < 4.78 is 15.1. The first kappa shape index (κ1) is 16.2. The topological polar surface area (TPSA) is 66.8 Å². The van der Waals surface area contributed by atoms with Crippen LogP contribution in [-0.4, -0.2) is 9.79 Å². The van der Waals surface area contributed by atoms with Crippen LogP contribution in [0.5, 0.6) is 5.75 Å². The molecule has 5 heteroatoms. The molecule has 0 atom stereocenters. The molecule has 0 aromatic heterocycles. The van der Waals surface area contributed by atoms with E-state index in [1.807, 2.05) is 12.1 Å². The van der Waals surface area contributed by atoms with Gasteiger partial charge in [-0.15, -0.1) is 0 Å². The van der Waals surface area contributed by atoms with E-state index in [0.29, 0.717) is 0 Å². The molecule has 0 bridgehead atoms. The summed E-state index contributed by atoms with van der Waals surface area (Å²) in [6.07, 6.45) is 5.89. The number of benzene rings is 1. The van der Waals surface area contributed by atoms with Crippen molar-refractivity contribution in [3.8, 4) is 5.75 Å². The van der Waals surface area contributed by atoms with Gasteiger partial charge in [-0.25, -0.2) is 4.57 Å². The molecule has 0 heterocycles. The second kappa shape index (κ2) is 7.68. The first-order chi connectivity index (χ1) is 8.87. The van der Waals surface area contributed by atoms with Gasteiger partial charge in [-0.3, -0.25) is 9.79 Å². The Labute approximate surface area is 115 Å². The molecule has 1 aromatic rings. The summed E-state index contributed by atoms with van der Waals surface area (Å²) in [5.74, 6) is 0.973. The van der Waals surface area contributed by atoms with Crippen molar-refractivity contribution in [3.05, 3.63) is 29.8 Å². The summed E-state index contributed by atoms with van der Waals surface area (Å²) in [7, 11) is -4.44. The van der Waals surface area contributed by atoms with Crippen LogP contribution in [0.25, 0.3) is 0 Å². The molecular weight excluding hydrogens is 263 g/mol. The van der Waals surface area contributed by atoms with Crippen LogP contribution < -0.4 is 4.52 Å². The van der Waals surface area contributed by atoms with Gasteiger partial charge in [0.1, 0.15) is 5.75 Å². The lowest BCUT2D eigenvalue weighted by atomic mass is 10.0. The van der Waals surface area contributed by atoms with Crippen molar-refractivity contribution < 1.29 is 18.9 Å². The highest BCUT2D eigenvalue weighted by Crippen LogP contribution is 2.37. The van der Waals surface area contributed by atoms with Crippen molar-refractivity contribution >= 4 is 7.82 Å². The zero-order valence-electron chi connectivity index (χ0n) is 11.6. The van der Waals surface area contributed by atoms with E-state index in [4.69, 9.17) is 9.79 Å². The smallest absolute Gasteiger partial charge is 0.404 e. The fraction of sp³-hybridized carbons (Fsp3) is 0.571. The Morgan fingerprint density at radius 3 is 2.26 bits per heavy atom. The molecule has 0 saturated heterocycles. The van der Waals surface area contributed by atoms with Gasteiger partial charge in [0.2, 0.25) is 0 Å². The van der Waals surface area contributed by atoms with E-state index in [1.54, 1.807) is 12.1 Å². The van der Waals surface area contributed by atoms with Crippen molar-refractivity contribution in [1.29, 1.82) is 0 Å². The lowest BCUT2D eigenvalue weighted by Gasteiger charge is -2.08. The summed E-state index contributed by atoms with van der Waals surface area (Å²) >= 11 is 0. The highest BCUT2D eigenvalue weighted by Gasteiger charge is 2.15. The van der Waals surface area contributed by atoms with Gasteiger partial charge in [-0.2, -0.15) is 0 Å². The standard InChI is InChI=1S/C14H23O4P/c1-12(2)6-4-3-5-7-13-8-10-14(11-9-13)18-19(15,16)17/h8-12H,3-7H2,1-2H3,(H2,15,16,17). The maximum absolute atomic E-state index is 10.7. The van der Waals surface area contributed by atoms with Crippen LogP contribution in [-0.2, 0) is 11.0 Å². The minimum absolute atomic E-state index is 0.205. The maximum atomic E-state index is 10.7. The van der Waals surface area contributed by atoms with Crippen molar-refractivity contribution in [3.63, 3.8) is 0 Å². The van der Waals surface area contributed by atoms with E-state index in [-0.39, 0.29) is 5.75 Å². The molecule has 0 aliphatic heterocycles. The van der Waals surface area contributed by atoms with Crippen molar-refractivity contribution in [1.82, 2.24) is 0 Å². The number of phosphoric ester groups is 1. The Bertz CT molecular complexity index is 408. The average molecular weight is 286 g/mol. The zero-order chi connectivity index (χ0) is 14.3. The van der Waals surface area contributed by atoms with E-state index in [9.17, 15) is 4.57 Å². The molecule has 1 rings (SSSR count). The van der Waals surface area contributed by atoms with Crippen molar-refractivity contribution in [2.75, 3.05) is 0 Å². The van der Waals surface area contributed by atoms with Crippen LogP contribution >= 0.6 is 7.82 Å². The Hall–Kier alpha value is -0.830. The molecule has 19 heavy (non-hydrogen) atoms. The molecule has 0 amide bonds. The fourth-order valence-corrected chi connectivity index (χ4v) is 2.31. The lowest BCUT2D eigenvalue weighted by molar-refractivity contribution is 0.283. The highest BCUT2D eigenvalue weighted by atomic mass is 31.2. The summed E-state index contributed by atoms with van der Waals surface area (Å²) in [4.78, 5) is 17.3. The molecule has 4 nitrogen and oxygen atoms in total. The van der Waals surface area contributed by atoms with Crippen LogP contribution in [0.1, 0.15) is 45.1 Å². The predicted octanol–water partition coefficient (Wildman–Crippen LogP) is 3.92. The van der Waals surface area contributed by atoms with Gasteiger partial charge in [0.15, 0.2) is 0 Å². The minimum Gasteiger partial charge on any atom is -0.404 e. The molecule has 0 unspecified atom stereocenters. The molecule has 0 aliphatic carbocycles. The quantitative estimate of drug-likeness (QED) is 0.561. The summed E-state index contributed by atoms with van der Waals surface area (Å²) in [5.41, 5.74) is 1.17. The predicted molar refractivity (Wildman–Crippen MR) is 76.1 cm³/mol. The van der Waals surface area contributed by atoms with Gasteiger partial charge >= 0.3 is 7.82 Å². The molecule has 0 saturated carbocycles. The van der Waals surface area contributed by atoms with Crippen molar-refractivity contribution in [2.24, 2.45) is 5.92 Å². The third-order valence-corrected chi connectivity index (χ3v) is 3.34. The van der Waals surface area contributed by atoms with Crippen LogP contribution in [0.3, 0.4) is 0 Å². The number of hydrogen-bond donors (Lipinski definition) is 2. The average Bonchev–Trinajstić information content (AvgIpc) is 2.28. The van der Waals surface area contributed by atoms with E-state index >= 15 is 0 Å². The SMILES string of the molecule is CC(C)CCCCCc1ccc(OP(=O)(O)O)cc1. The largest absolute Gasteiger partial charge is 0.524 e.